The van der Waals surface area contributed by atoms with Crippen molar-refractivity contribution in [2.45, 2.75) is 18.4 Å². The Hall–Kier alpha value is -2.83. The van der Waals surface area contributed by atoms with Crippen molar-refractivity contribution in [3.05, 3.63) is 75.4 Å². The standard InChI is InChI=1S/C21H16Cl2N4O2/c1-26-16-8-4-7-15(23)18(16)21(20(26)29)9-17(28)25-19-13(21)10-24-27(19)11-12-5-2-3-6-14(12)22/h2-8,10H,9,11H2,1H3,(H,25,28)/t21-/m1/s1. The molecule has 0 saturated carbocycles. The lowest BCUT2D eigenvalue weighted by molar-refractivity contribution is -0.126. The van der Waals surface area contributed by atoms with Crippen molar-refractivity contribution in [3.63, 3.8) is 0 Å². The first-order valence-corrected chi connectivity index (χ1v) is 9.86. The largest absolute Gasteiger partial charge is 0.314 e. The number of amides is 2. The van der Waals surface area contributed by atoms with Gasteiger partial charge in [0, 0.05) is 40.3 Å². The van der Waals surface area contributed by atoms with Crippen molar-refractivity contribution in [1.82, 2.24) is 9.78 Å². The lowest BCUT2D eigenvalue weighted by Crippen LogP contribution is -2.45. The zero-order valence-electron chi connectivity index (χ0n) is 15.4. The van der Waals surface area contributed by atoms with Crippen LogP contribution >= 0.6 is 23.2 Å². The van der Waals surface area contributed by atoms with Crippen molar-refractivity contribution >= 4 is 46.5 Å². The lowest BCUT2D eigenvalue weighted by Gasteiger charge is -2.32. The first kappa shape index (κ1) is 18.2. The van der Waals surface area contributed by atoms with Crippen LogP contribution in [0.25, 0.3) is 0 Å². The van der Waals surface area contributed by atoms with Crippen molar-refractivity contribution in [2.24, 2.45) is 0 Å². The topological polar surface area (TPSA) is 67.2 Å². The third-order valence-electron chi connectivity index (χ3n) is 5.71. The van der Waals surface area contributed by atoms with E-state index in [0.29, 0.717) is 39.2 Å². The SMILES string of the molecule is CN1C(=O)[C@@]2(CC(=O)Nc3c2cnn3Cc2ccccc2Cl)c2c(Cl)cccc21. The second-order valence-corrected chi connectivity index (χ2v) is 8.10. The minimum atomic E-state index is -1.18. The molecule has 0 bridgehead atoms. The Kier molecular flexibility index (Phi) is 3.98. The summed E-state index contributed by atoms with van der Waals surface area (Å²) in [6, 6.07) is 12.8. The molecular formula is C21H16Cl2N4O2. The van der Waals surface area contributed by atoms with Crippen molar-refractivity contribution in [2.75, 3.05) is 17.3 Å². The maximum atomic E-state index is 13.5. The van der Waals surface area contributed by atoms with E-state index < -0.39 is 5.41 Å². The Morgan fingerprint density at radius 1 is 1.10 bits per heavy atom. The molecule has 3 aromatic rings. The Morgan fingerprint density at radius 2 is 1.86 bits per heavy atom. The van der Waals surface area contributed by atoms with Crippen molar-refractivity contribution in [3.8, 4) is 0 Å². The molecule has 6 nitrogen and oxygen atoms in total. The number of hydrogen-bond acceptors (Lipinski definition) is 3. The Labute approximate surface area is 177 Å². The van der Waals surface area contributed by atoms with Gasteiger partial charge in [-0.3, -0.25) is 9.59 Å². The summed E-state index contributed by atoms with van der Waals surface area (Å²) >= 11 is 12.8. The number of carbonyl (C=O) groups excluding carboxylic acids is 2. The minimum absolute atomic E-state index is 0.0162. The van der Waals surface area contributed by atoms with Crippen LogP contribution in [0.1, 0.15) is 23.1 Å². The summed E-state index contributed by atoms with van der Waals surface area (Å²) in [6.07, 6.45) is 1.63. The molecule has 3 heterocycles. The van der Waals surface area contributed by atoms with Gasteiger partial charge in [0.15, 0.2) is 0 Å². The minimum Gasteiger partial charge on any atom is -0.314 e. The summed E-state index contributed by atoms with van der Waals surface area (Å²) in [5.74, 6) is 0.0533. The molecule has 0 saturated heterocycles. The van der Waals surface area contributed by atoms with Gasteiger partial charge in [0.05, 0.1) is 12.7 Å². The van der Waals surface area contributed by atoms with Crippen LogP contribution in [-0.2, 0) is 21.5 Å². The van der Waals surface area contributed by atoms with Crippen LogP contribution in [0.2, 0.25) is 10.0 Å². The van der Waals surface area contributed by atoms with Crippen LogP contribution in [-0.4, -0.2) is 28.6 Å². The van der Waals surface area contributed by atoms with Crippen LogP contribution in [0.3, 0.4) is 0 Å². The fourth-order valence-electron chi connectivity index (χ4n) is 4.38. The molecule has 29 heavy (non-hydrogen) atoms. The van der Waals surface area contributed by atoms with E-state index >= 15 is 0 Å². The van der Waals surface area contributed by atoms with Crippen LogP contribution in [0.4, 0.5) is 11.5 Å². The molecule has 8 heteroatoms. The van der Waals surface area contributed by atoms with Crippen LogP contribution in [0.15, 0.2) is 48.7 Å². The average Bonchev–Trinajstić information content (AvgIpc) is 3.18. The second kappa shape index (κ2) is 6.34. The molecule has 2 aliphatic rings. The predicted molar refractivity (Wildman–Crippen MR) is 112 cm³/mol. The smallest absolute Gasteiger partial charge is 0.242 e. The highest BCUT2D eigenvalue weighted by Crippen LogP contribution is 2.54. The Morgan fingerprint density at radius 3 is 2.66 bits per heavy atom. The normalized spacial score (nSPS) is 20.0. The van der Waals surface area contributed by atoms with Crippen LogP contribution in [0.5, 0.6) is 0 Å². The number of aromatic nitrogens is 2. The van der Waals surface area contributed by atoms with Crippen molar-refractivity contribution in [1.29, 1.82) is 0 Å². The van der Waals surface area contributed by atoms with E-state index in [1.54, 1.807) is 41.0 Å². The van der Waals surface area contributed by atoms with Crippen LogP contribution < -0.4 is 10.2 Å². The molecule has 1 atom stereocenters. The summed E-state index contributed by atoms with van der Waals surface area (Å²) in [7, 11) is 1.70. The number of carbonyl (C=O) groups is 2. The van der Waals surface area contributed by atoms with E-state index in [1.165, 1.54) is 0 Å². The quantitative estimate of drug-likeness (QED) is 0.676. The third-order valence-corrected chi connectivity index (χ3v) is 6.39. The highest BCUT2D eigenvalue weighted by atomic mass is 35.5. The maximum absolute atomic E-state index is 13.5. The van der Waals surface area contributed by atoms with Gasteiger partial charge in [-0.05, 0) is 23.8 Å². The van der Waals surface area contributed by atoms with E-state index in [9.17, 15) is 9.59 Å². The molecule has 0 radical (unpaired) electrons. The van der Waals surface area contributed by atoms with E-state index in [1.807, 2.05) is 24.3 Å². The number of likely N-dealkylation sites (N-methyl/N-ethyl adjacent to an activating group) is 1. The molecule has 0 fully saturated rings. The molecule has 146 valence electrons. The molecule has 2 aromatic carbocycles. The number of anilines is 2. The zero-order valence-corrected chi connectivity index (χ0v) is 17.0. The number of hydrogen-bond donors (Lipinski definition) is 1. The van der Waals surface area contributed by atoms with E-state index in [0.717, 1.165) is 5.56 Å². The van der Waals surface area contributed by atoms with Gasteiger partial charge in [-0.15, -0.1) is 0 Å². The number of fused-ring (bicyclic) bond motifs is 4. The van der Waals surface area contributed by atoms with E-state index in [2.05, 4.69) is 10.4 Å². The fourth-order valence-corrected chi connectivity index (χ4v) is 4.91. The van der Waals surface area contributed by atoms with Gasteiger partial charge in [0.25, 0.3) is 0 Å². The number of halogens is 2. The molecule has 1 N–H and O–H groups in total. The molecule has 0 unspecified atom stereocenters. The number of nitrogens with zero attached hydrogens (tertiary/aromatic N) is 3. The summed E-state index contributed by atoms with van der Waals surface area (Å²) < 4.78 is 1.66. The van der Waals surface area contributed by atoms with Gasteiger partial charge < -0.3 is 10.2 Å². The second-order valence-electron chi connectivity index (χ2n) is 7.28. The fraction of sp³-hybridized carbons (Fsp3) is 0.190. The van der Waals surface area contributed by atoms with Crippen LogP contribution in [0, 0.1) is 0 Å². The summed E-state index contributed by atoms with van der Waals surface area (Å²) in [5.41, 5.74) is 1.69. The highest BCUT2D eigenvalue weighted by Gasteiger charge is 2.57. The molecule has 1 spiro atoms. The Bertz CT molecular complexity index is 1190. The third kappa shape index (κ3) is 2.46. The van der Waals surface area contributed by atoms with Gasteiger partial charge in [-0.2, -0.15) is 5.10 Å². The molecule has 2 amide bonds. The zero-order chi connectivity index (χ0) is 20.3. The predicted octanol–water partition coefficient (Wildman–Crippen LogP) is 3.84. The number of rotatable bonds is 2. The summed E-state index contributed by atoms with van der Waals surface area (Å²) in [5, 5.41) is 8.44. The van der Waals surface area contributed by atoms with Gasteiger partial charge >= 0.3 is 0 Å². The lowest BCUT2D eigenvalue weighted by atomic mass is 9.71. The average molecular weight is 427 g/mol. The first-order valence-electron chi connectivity index (χ1n) is 9.10. The summed E-state index contributed by atoms with van der Waals surface area (Å²) in [6.45, 7) is 0.366. The monoisotopic (exact) mass is 426 g/mol. The molecule has 2 aliphatic heterocycles. The van der Waals surface area contributed by atoms with E-state index in [-0.39, 0.29) is 18.2 Å². The Balaban J connectivity index is 1.71. The first-order chi connectivity index (χ1) is 13.9. The molecule has 5 rings (SSSR count). The summed E-state index contributed by atoms with van der Waals surface area (Å²) in [4.78, 5) is 27.8. The molecule has 1 aromatic heterocycles. The molecule has 0 aliphatic carbocycles. The number of nitrogens with one attached hydrogen (secondary N) is 1. The van der Waals surface area contributed by atoms with Gasteiger partial charge in [0.1, 0.15) is 11.2 Å². The highest BCUT2D eigenvalue weighted by molar-refractivity contribution is 6.34. The molecular weight excluding hydrogens is 411 g/mol. The van der Waals surface area contributed by atoms with E-state index in [4.69, 9.17) is 23.2 Å². The number of benzene rings is 2. The maximum Gasteiger partial charge on any atom is 0.242 e. The van der Waals surface area contributed by atoms with Crippen molar-refractivity contribution < 1.29 is 9.59 Å². The van der Waals surface area contributed by atoms with Gasteiger partial charge in [-0.1, -0.05) is 47.5 Å². The van der Waals surface area contributed by atoms with Gasteiger partial charge in [0.2, 0.25) is 11.8 Å². The van der Waals surface area contributed by atoms with Gasteiger partial charge in [-0.25, -0.2) is 4.68 Å².